The zero-order valence-corrected chi connectivity index (χ0v) is 10.6. The first-order chi connectivity index (χ1) is 8.42. The Morgan fingerprint density at radius 3 is 2.71 bits per heavy atom. The van der Waals surface area contributed by atoms with Gasteiger partial charge in [-0.3, -0.25) is 4.68 Å². The van der Waals surface area contributed by atoms with Gasteiger partial charge in [0.2, 0.25) is 0 Å². The highest BCUT2D eigenvalue weighted by atomic mass is 15.3. The van der Waals surface area contributed by atoms with Crippen molar-refractivity contribution in [1.29, 1.82) is 0 Å². The molecule has 0 amide bonds. The van der Waals surface area contributed by atoms with Crippen molar-refractivity contribution in [1.82, 2.24) is 15.1 Å². The van der Waals surface area contributed by atoms with Crippen molar-refractivity contribution in [2.24, 2.45) is 5.92 Å². The molecule has 2 fully saturated rings. The van der Waals surface area contributed by atoms with E-state index in [1.54, 1.807) is 0 Å². The highest BCUT2D eigenvalue weighted by Crippen LogP contribution is 2.28. The molecule has 94 valence electrons. The summed E-state index contributed by atoms with van der Waals surface area (Å²) in [6.45, 7) is 3.47. The molecule has 1 saturated heterocycles. The lowest BCUT2D eigenvalue weighted by Crippen LogP contribution is -2.26. The van der Waals surface area contributed by atoms with Crippen LogP contribution in [-0.4, -0.2) is 22.9 Å². The van der Waals surface area contributed by atoms with Gasteiger partial charge < -0.3 is 5.32 Å². The molecule has 1 aliphatic heterocycles. The molecule has 2 heterocycles. The van der Waals surface area contributed by atoms with Crippen LogP contribution in [0.4, 0.5) is 0 Å². The molecule has 2 aliphatic rings. The van der Waals surface area contributed by atoms with Gasteiger partial charge in [-0.2, -0.15) is 5.10 Å². The fourth-order valence-electron chi connectivity index (χ4n) is 3.30. The molecule has 0 spiro atoms. The maximum atomic E-state index is 4.55. The van der Waals surface area contributed by atoms with Gasteiger partial charge in [0, 0.05) is 12.7 Å². The van der Waals surface area contributed by atoms with Crippen molar-refractivity contribution >= 4 is 0 Å². The minimum atomic E-state index is 0.744. The normalized spacial score (nSPS) is 23.3. The van der Waals surface area contributed by atoms with E-state index in [2.05, 4.69) is 27.5 Å². The zero-order valence-electron chi connectivity index (χ0n) is 10.6. The van der Waals surface area contributed by atoms with Crippen molar-refractivity contribution in [3.8, 4) is 0 Å². The molecule has 3 heteroatoms. The molecule has 1 aromatic heterocycles. The van der Waals surface area contributed by atoms with Crippen molar-refractivity contribution in [3.05, 3.63) is 18.0 Å². The van der Waals surface area contributed by atoms with Gasteiger partial charge in [-0.05, 0) is 56.2 Å². The van der Waals surface area contributed by atoms with Crippen molar-refractivity contribution in [2.45, 2.75) is 51.0 Å². The van der Waals surface area contributed by atoms with E-state index in [1.807, 2.05) is 0 Å². The smallest absolute Gasteiger partial charge is 0.0524 e. The molecule has 0 aromatic carbocycles. The number of piperidine rings is 1. The Labute approximate surface area is 104 Å². The largest absolute Gasteiger partial charge is 0.317 e. The number of hydrogen-bond acceptors (Lipinski definition) is 2. The topological polar surface area (TPSA) is 29.9 Å². The molecule has 1 N–H and O–H groups in total. The molecule has 3 nitrogen and oxygen atoms in total. The maximum Gasteiger partial charge on any atom is 0.0524 e. The average Bonchev–Trinajstić information content (AvgIpc) is 3.02. The summed E-state index contributed by atoms with van der Waals surface area (Å²) in [4.78, 5) is 0. The van der Waals surface area contributed by atoms with E-state index in [1.165, 1.54) is 57.2 Å². The summed E-state index contributed by atoms with van der Waals surface area (Å²) < 4.78 is 2.19. The van der Waals surface area contributed by atoms with Crippen molar-refractivity contribution < 1.29 is 0 Å². The summed E-state index contributed by atoms with van der Waals surface area (Å²) in [6, 6.07) is 0. The van der Waals surface area contributed by atoms with Crippen LogP contribution < -0.4 is 5.32 Å². The number of aromatic nitrogens is 2. The molecule has 1 aliphatic carbocycles. The van der Waals surface area contributed by atoms with Crippen LogP contribution in [0.15, 0.2) is 12.4 Å². The highest BCUT2D eigenvalue weighted by Gasteiger charge is 2.19. The SMILES string of the molecule is c1nn(CC2CCCC2)cc1C1CCNCC1. The molecule has 1 saturated carbocycles. The third-order valence-corrected chi connectivity index (χ3v) is 4.38. The Bertz CT molecular complexity index is 346. The molecular formula is C14H23N3. The van der Waals surface area contributed by atoms with Crippen LogP contribution in [0, 0.1) is 5.92 Å². The number of nitrogens with zero attached hydrogens (tertiary/aromatic N) is 2. The molecular weight excluding hydrogens is 210 g/mol. The summed E-state index contributed by atoms with van der Waals surface area (Å²) in [5.41, 5.74) is 1.46. The van der Waals surface area contributed by atoms with Gasteiger partial charge >= 0.3 is 0 Å². The van der Waals surface area contributed by atoms with Gasteiger partial charge in [0.25, 0.3) is 0 Å². The quantitative estimate of drug-likeness (QED) is 0.869. The van der Waals surface area contributed by atoms with Gasteiger partial charge in [-0.1, -0.05) is 12.8 Å². The zero-order chi connectivity index (χ0) is 11.5. The number of rotatable bonds is 3. The fraction of sp³-hybridized carbons (Fsp3) is 0.786. The van der Waals surface area contributed by atoms with E-state index >= 15 is 0 Å². The van der Waals surface area contributed by atoms with Gasteiger partial charge in [0.05, 0.1) is 6.20 Å². The minimum Gasteiger partial charge on any atom is -0.317 e. The summed E-state index contributed by atoms with van der Waals surface area (Å²) in [5, 5.41) is 7.97. The monoisotopic (exact) mass is 233 g/mol. The minimum absolute atomic E-state index is 0.744. The van der Waals surface area contributed by atoms with E-state index in [9.17, 15) is 0 Å². The number of hydrogen-bond donors (Lipinski definition) is 1. The van der Waals surface area contributed by atoms with E-state index < -0.39 is 0 Å². The standard InChI is InChI=1S/C14H23N3/c1-2-4-12(3-1)10-17-11-14(9-16-17)13-5-7-15-8-6-13/h9,11-13,15H,1-8,10H2. The van der Waals surface area contributed by atoms with E-state index in [-0.39, 0.29) is 0 Å². The van der Waals surface area contributed by atoms with Crippen molar-refractivity contribution in [2.75, 3.05) is 13.1 Å². The third kappa shape index (κ3) is 2.71. The van der Waals surface area contributed by atoms with E-state index in [0.29, 0.717) is 0 Å². The third-order valence-electron chi connectivity index (χ3n) is 4.38. The molecule has 1 aromatic rings. The first-order valence-corrected chi connectivity index (χ1v) is 7.15. The Kier molecular flexibility index (Phi) is 3.46. The molecule has 0 unspecified atom stereocenters. The molecule has 0 bridgehead atoms. The van der Waals surface area contributed by atoms with Crippen LogP contribution >= 0.6 is 0 Å². The van der Waals surface area contributed by atoms with Crippen LogP contribution in [-0.2, 0) is 6.54 Å². The van der Waals surface area contributed by atoms with Crippen LogP contribution in [0.25, 0.3) is 0 Å². The van der Waals surface area contributed by atoms with E-state index in [4.69, 9.17) is 0 Å². The molecule has 0 atom stereocenters. The first-order valence-electron chi connectivity index (χ1n) is 7.15. The average molecular weight is 233 g/mol. The van der Waals surface area contributed by atoms with E-state index in [0.717, 1.165) is 18.4 Å². The van der Waals surface area contributed by atoms with Crippen LogP contribution in [0.2, 0.25) is 0 Å². The molecule has 17 heavy (non-hydrogen) atoms. The lowest BCUT2D eigenvalue weighted by molar-refractivity contribution is 0.427. The predicted octanol–water partition coefficient (Wildman–Crippen LogP) is 2.54. The van der Waals surface area contributed by atoms with Gasteiger partial charge in [-0.15, -0.1) is 0 Å². The summed E-state index contributed by atoms with van der Waals surface area (Å²) >= 11 is 0. The maximum absolute atomic E-state index is 4.55. The van der Waals surface area contributed by atoms with Crippen LogP contribution in [0.1, 0.15) is 50.0 Å². The summed E-state index contributed by atoms with van der Waals surface area (Å²) in [7, 11) is 0. The first kappa shape index (κ1) is 11.3. The summed E-state index contributed by atoms with van der Waals surface area (Å²) in [6.07, 6.45) is 12.6. The Hall–Kier alpha value is -0.830. The Balaban J connectivity index is 1.60. The van der Waals surface area contributed by atoms with Gasteiger partial charge in [-0.25, -0.2) is 0 Å². The second kappa shape index (κ2) is 5.21. The van der Waals surface area contributed by atoms with Crippen molar-refractivity contribution in [3.63, 3.8) is 0 Å². The second-order valence-corrected chi connectivity index (χ2v) is 5.67. The highest BCUT2D eigenvalue weighted by molar-refractivity contribution is 5.12. The van der Waals surface area contributed by atoms with Crippen LogP contribution in [0.3, 0.4) is 0 Å². The summed E-state index contributed by atoms with van der Waals surface area (Å²) in [5.74, 6) is 1.63. The lowest BCUT2D eigenvalue weighted by Gasteiger charge is -2.21. The van der Waals surface area contributed by atoms with Gasteiger partial charge in [0.15, 0.2) is 0 Å². The Morgan fingerprint density at radius 1 is 1.18 bits per heavy atom. The molecule has 0 radical (unpaired) electrons. The van der Waals surface area contributed by atoms with Gasteiger partial charge in [0.1, 0.15) is 0 Å². The predicted molar refractivity (Wildman–Crippen MR) is 69.0 cm³/mol. The number of nitrogens with one attached hydrogen (secondary N) is 1. The second-order valence-electron chi connectivity index (χ2n) is 5.67. The molecule has 3 rings (SSSR count). The Morgan fingerprint density at radius 2 is 1.94 bits per heavy atom. The fourth-order valence-corrected chi connectivity index (χ4v) is 3.30. The van der Waals surface area contributed by atoms with Crippen LogP contribution in [0.5, 0.6) is 0 Å². The lowest BCUT2D eigenvalue weighted by atomic mass is 9.93.